The van der Waals surface area contributed by atoms with Gasteiger partial charge in [0.15, 0.2) is 0 Å². The van der Waals surface area contributed by atoms with E-state index in [1.54, 1.807) is 13.8 Å². The molecule has 1 N–H and O–H groups in total. The Hall–Kier alpha value is -0.520. The van der Waals surface area contributed by atoms with Crippen LogP contribution in [0.3, 0.4) is 0 Å². The maximum Gasteiger partial charge on any atom is 0.306 e. The molecular formula is C21H40O4S. The molecule has 0 spiro atoms. The van der Waals surface area contributed by atoms with Crippen LogP contribution < -0.4 is 0 Å². The molecule has 0 atom stereocenters. The van der Waals surface area contributed by atoms with Gasteiger partial charge in [-0.1, -0.05) is 37.8 Å². The second-order valence-electron chi connectivity index (χ2n) is 8.06. The van der Waals surface area contributed by atoms with E-state index < -0.39 is 11.6 Å². The van der Waals surface area contributed by atoms with E-state index in [-0.39, 0.29) is 12.0 Å². The number of aliphatic carboxylic acids is 1. The zero-order chi connectivity index (χ0) is 19.9. The van der Waals surface area contributed by atoms with Gasteiger partial charge in [-0.15, -0.1) is 0 Å². The molecule has 0 aliphatic heterocycles. The van der Waals surface area contributed by atoms with Crippen LogP contribution in [-0.4, -0.2) is 47.5 Å². The van der Waals surface area contributed by atoms with Crippen molar-refractivity contribution in [2.24, 2.45) is 0 Å². The minimum atomic E-state index is -0.843. The molecule has 0 rings (SSSR count). The Morgan fingerprint density at radius 1 is 0.923 bits per heavy atom. The molecule has 5 heteroatoms. The largest absolute Gasteiger partial charge is 0.481 e. The summed E-state index contributed by atoms with van der Waals surface area (Å²) in [7, 11) is 0. The van der Waals surface area contributed by atoms with Crippen LogP contribution in [-0.2, 0) is 14.3 Å². The van der Waals surface area contributed by atoms with E-state index in [2.05, 4.69) is 18.4 Å². The van der Waals surface area contributed by atoms with E-state index in [1.165, 1.54) is 38.5 Å². The Kier molecular flexibility index (Phi) is 14.2. The second-order valence-corrected chi connectivity index (χ2v) is 8.97. The maximum absolute atomic E-state index is 10.8. The van der Waals surface area contributed by atoms with E-state index in [4.69, 9.17) is 14.6 Å². The molecule has 0 fully saturated rings. The topological polar surface area (TPSA) is 55.8 Å². The molecule has 0 saturated carbocycles. The first-order chi connectivity index (χ1) is 12.2. The lowest BCUT2D eigenvalue weighted by molar-refractivity contribution is -0.151. The highest BCUT2D eigenvalue weighted by Crippen LogP contribution is 2.19. The molecule has 0 heterocycles. The van der Waals surface area contributed by atoms with Crippen LogP contribution in [0.4, 0.5) is 0 Å². The summed E-state index contributed by atoms with van der Waals surface area (Å²) in [5, 5.41) is 8.89. The van der Waals surface area contributed by atoms with Gasteiger partial charge in [-0.2, -0.15) is 11.8 Å². The monoisotopic (exact) mass is 388 g/mol. The number of carboxylic acids is 1. The van der Waals surface area contributed by atoms with Gasteiger partial charge in [0.2, 0.25) is 0 Å². The number of ether oxygens (including phenoxy) is 2. The highest BCUT2D eigenvalue weighted by molar-refractivity contribution is 7.98. The fourth-order valence-corrected chi connectivity index (χ4v) is 2.86. The van der Waals surface area contributed by atoms with E-state index in [0.717, 1.165) is 18.8 Å². The van der Waals surface area contributed by atoms with Crippen LogP contribution in [0, 0.1) is 0 Å². The molecule has 0 aromatic heterocycles. The van der Waals surface area contributed by atoms with E-state index >= 15 is 0 Å². The molecule has 0 aliphatic rings. The van der Waals surface area contributed by atoms with Gasteiger partial charge in [0.1, 0.15) is 0 Å². The van der Waals surface area contributed by atoms with Crippen LogP contribution in [0.1, 0.15) is 79.1 Å². The summed E-state index contributed by atoms with van der Waals surface area (Å²) >= 11 is 1.86. The summed E-state index contributed by atoms with van der Waals surface area (Å²) in [6.07, 6.45) is 15.3. The standard InChI is InChI=1S/C21H40O4S/c1-20(2,17-19(22)23)25-18-21(3,4)24-15-13-11-9-7-6-8-10-12-14-16-26-5/h12,14H,6-11,13,15-18H2,1-5H3,(H,22,23)/b14-12-. The van der Waals surface area contributed by atoms with Gasteiger partial charge in [-0.05, 0) is 53.2 Å². The first kappa shape index (κ1) is 25.5. The molecule has 0 saturated heterocycles. The fraction of sp³-hybridized carbons (Fsp3) is 0.857. The van der Waals surface area contributed by atoms with Gasteiger partial charge in [0, 0.05) is 12.4 Å². The number of thioether (sulfide) groups is 1. The van der Waals surface area contributed by atoms with E-state index in [0.29, 0.717) is 6.61 Å². The molecule has 26 heavy (non-hydrogen) atoms. The van der Waals surface area contributed by atoms with Gasteiger partial charge in [0.25, 0.3) is 0 Å². The van der Waals surface area contributed by atoms with Crippen molar-refractivity contribution in [1.29, 1.82) is 0 Å². The molecule has 4 nitrogen and oxygen atoms in total. The van der Waals surface area contributed by atoms with Crippen LogP contribution in [0.2, 0.25) is 0 Å². The predicted octanol–water partition coefficient (Wildman–Crippen LogP) is 5.70. The van der Waals surface area contributed by atoms with Crippen LogP contribution in [0.15, 0.2) is 12.2 Å². The number of allylic oxidation sites excluding steroid dienone is 1. The quantitative estimate of drug-likeness (QED) is 0.256. The average molecular weight is 389 g/mol. The average Bonchev–Trinajstić information content (AvgIpc) is 2.53. The Balaban J connectivity index is 3.62. The van der Waals surface area contributed by atoms with Crippen LogP contribution in [0.25, 0.3) is 0 Å². The van der Waals surface area contributed by atoms with Crippen molar-refractivity contribution in [3.05, 3.63) is 12.2 Å². The van der Waals surface area contributed by atoms with Crippen molar-refractivity contribution in [3.63, 3.8) is 0 Å². The Labute approximate surface area is 165 Å². The molecule has 0 unspecified atom stereocenters. The highest BCUT2D eigenvalue weighted by Gasteiger charge is 2.27. The lowest BCUT2D eigenvalue weighted by Gasteiger charge is -2.31. The number of carbonyl (C=O) groups is 1. The van der Waals surface area contributed by atoms with Gasteiger partial charge in [-0.25, -0.2) is 0 Å². The SMILES string of the molecule is CSC/C=C\CCCCCCCCOC(C)(C)COC(C)(C)CC(=O)O. The van der Waals surface area contributed by atoms with Gasteiger partial charge >= 0.3 is 5.97 Å². The van der Waals surface area contributed by atoms with E-state index in [1.807, 2.05) is 25.6 Å². The Bertz CT molecular complexity index is 391. The molecule has 0 aromatic carbocycles. The molecule has 0 bridgehead atoms. The predicted molar refractivity (Wildman–Crippen MR) is 112 cm³/mol. The number of carboxylic acid groups (broad SMARTS) is 1. The molecule has 0 aliphatic carbocycles. The lowest BCUT2D eigenvalue weighted by Crippen LogP contribution is -2.38. The van der Waals surface area contributed by atoms with Gasteiger partial charge in [-0.3, -0.25) is 4.79 Å². The number of hydrogen-bond donors (Lipinski definition) is 1. The maximum atomic E-state index is 10.8. The van der Waals surface area contributed by atoms with Crippen molar-refractivity contribution in [3.8, 4) is 0 Å². The smallest absolute Gasteiger partial charge is 0.306 e. The zero-order valence-electron chi connectivity index (χ0n) is 17.5. The molecule has 0 amide bonds. The van der Waals surface area contributed by atoms with Crippen LogP contribution >= 0.6 is 11.8 Å². The first-order valence-electron chi connectivity index (χ1n) is 9.82. The molecule has 154 valence electrons. The van der Waals surface area contributed by atoms with Crippen molar-refractivity contribution >= 4 is 17.7 Å². The molecule has 0 radical (unpaired) electrons. The van der Waals surface area contributed by atoms with Crippen molar-refractivity contribution in [2.75, 3.05) is 25.2 Å². The number of unbranched alkanes of at least 4 members (excludes halogenated alkanes) is 6. The number of rotatable bonds is 17. The second kappa shape index (κ2) is 14.5. The Morgan fingerprint density at radius 3 is 2.15 bits per heavy atom. The summed E-state index contributed by atoms with van der Waals surface area (Å²) in [5.41, 5.74) is -1.06. The first-order valence-corrected chi connectivity index (χ1v) is 11.2. The number of hydrogen-bond acceptors (Lipinski definition) is 4. The van der Waals surface area contributed by atoms with Gasteiger partial charge in [0.05, 0.1) is 24.2 Å². The normalized spacial score (nSPS) is 12.8. The van der Waals surface area contributed by atoms with Gasteiger partial charge < -0.3 is 14.6 Å². The lowest BCUT2D eigenvalue weighted by atomic mass is 10.0. The molecular weight excluding hydrogens is 348 g/mol. The fourth-order valence-electron chi connectivity index (χ4n) is 2.53. The zero-order valence-corrected chi connectivity index (χ0v) is 18.3. The minimum absolute atomic E-state index is 0.00353. The third-order valence-electron chi connectivity index (χ3n) is 4.07. The van der Waals surface area contributed by atoms with Crippen LogP contribution in [0.5, 0.6) is 0 Å². The summed E-state index contributed by atoms with van der Waals surface area (Å²) in [4.78, 5) is 10.8. The summed E-state index contributed by atoms with van der Waals surface area (Å²) in [6, 6.07) is 0. The third-order valence-corrected chi connectivity index (χ3v) is 4.60. The minimum Gasteiger partial charge on any atom is -0.481 e. The summed E-state index contributed by atoms with van der Waals surface area (Å²) in [5.74, 6) is 0.281. The Morgan fingerprint density at radius 2 is 1.54 bits per heavy atom. The highest BCUT2D eigenvalue weighted by atomic mass is 32.2. The van der Waals surface area contributed by atoms with Crippen molar-refractivity contribution < 1.29 is 19.4 Å². The third kappa shape index (κ3) is 16.9. The van der Waals surface area contributed by atoms with Crippen molar-refractivity contribution in [1.82, 2.24) is 0 Å². The van der Waals surface area contributed by atoms with E-state index in [9.17, 15) is 4.79 Å². The molecule has 0 aromatic rings. The summed E-state index contributed by atoms with van der Waals surface area (Å²) in [6.45, 7) is 8.72. The summed E-state index contributed by atoms with van der Waals surface area (Å²) < 4.78 is 11.7. The van der Waals surface area contributed by atoms with Crippen molar-refractivity contribution in [2.45, 2.75) is 90.3 Å².